The second kappa shape index (κ2) is 10.9. The smallest absolute Gasteiger partial charge is 0.256 e. The first-order chi connectivity index (χ1) is 20.6. The number of anilines is 1. The van der Waals surface area contributed by atoms with Crippen molar-refractivity contribution in [1.82, 2.24) is 14.5 Å². The molecule has 3 aromatic carbocycles. The van der Waals surface area contributed by atoms with Gasteiger partial charge in [0.1, 0.15) is 12.4 Å². The number of H-pyrrole nitrogens is 1. The van der Waals surface area contributed by atoms with E-state index in [1.807, 2.05) is 102 Å². The molecule has 7 nitrogen and oxygen atoms in total. The maximum Gasteiger partial charge on any atom is 0.256 e. The second-order valence-corrected chi connectivity index (χ2v) is 10.5. The van der Waals surface area contributed by atoms with E-state index in [4.69, 9.17) is 10.5 Å². The summed E-state index contributed by atoms with van der Waals surface area (Å²) in [7, 11) is 0. The summed E-state index contributed by atoms with van der Waals surface area (Å²) in [5.74, 6) is 0.531. The van der Waals surface area contributed by atoms with E-state index in [9.17, 15) is 4.79 Å². The molecule has 0 radical (unpaired) electrons. The lowest BCUT2D eigenvalue weighted by atomic mass is 9.99. The summed E-state index contributed by atoms with van der Waals surface area (Å²) < 4.78 is 8.10. The van der Waals surface area contributed by atoms with Crippen molar-refractivity contribution in [2.24, 2.45) is 5.73 Å². The first-order valence-corrected chi connectivity index (χ1v) is 13.9. The molecular formula is C35H29N5O2. The van der Waals surface area contributed by atoms with E-state index < -0.39 is 0 Å². The zero-order valence-electron chi connectivity index (χ0n) is 22.8. The van der Waals surface area contributed by atoms with Crippen LogP contribution < -0.4 is 15.8 Å². The zero-order valence-corrected chi connectivity index (χ0v) is 22.8. The predicted octanol–water partition coefficient (Wildman–Crippen LogP) is 6.46. The number of rotatable bonds is 8. The fraction of sp³-hybridized carbons (Fsp3) is 0.0857. The van der Waals surface area contributed by atoms with Crippen LogP contribution in [-0.4, -0.2) is 33.1 Å². The highest BCUT2D eigenvalue weighted by atomic mass is 16.5. The molecule has 4 heterocycles. The number of pyridine rings is 1. The number of hydrogen-bond acceptors (Lipinski definition) is 4. The Bertz CT molecular complexity index is 1940. The number of aromatic nitrogens is 3. The SMILES string of the molecule is NC(COc1cncc(-c2ccc3c(c2)C(=Cc2ccn(-c4ccccc4)c2)C(=O)N3)c1)Cc1c[nH]c2ccccc12. The third kappa shape index (κ3) is 5.09. The lowest BCUT2D eigenvalue weighted by Gasteiger charge is -2.13. The summed E-state index contributed by atoms with van der Waals surface area (Å²) in [5, 5.41) is 4.17. The van der Waals surface area contributed by atoms with Gasteiger partial charge in [-0.1, -0.05) is 42.5 Å². The van der Waals surface area contributed by atoms with Gasteiger partial charge in [-0.15, -0.1) is 0 Å². The number of carbonyl (C=O) groups is 1. The van der Waals surface area contributed by atoms with Gasteiger partial charge in [0.05, 0.1) is 6.20 Å². The van der Waals surface area contributed by atoms with Gasteiger partial charge in [-0.2, -0.15) is 0 Å². The number of para-hydroxylation sites is 2. The number of nitrogens with zero attached hydrogens (tertiary/aromatic N) is 2. The minimum Gasteiger partial charge on any atom is -0.490 e. The van der Waals surface area contributed by atoms with E-state index in [2.05, 4.69) is 27.4 Å². The first-order valence-electron chi connectivity index (χ1n) is 13.9. The molecule has 0 aliphatic carbocycles. The molecule has 3 aromatic heterocycles. The minimum absolute atomic E-state index is 0.117. The molecule has 7 heteroatoms. The molecule has 1 unspecified atom stereocenters. The predicted molar refractivity (Wildman–Crippen MR) is 167 cm³/mol. The van der Waals surface area contributed by atoms with Crippen LogP contribution in [0.15, 0.2) is 116 Å². The van der Waals surface area contributed by atoms with Crippen molar-refractivity contribution in [3.8, 4) is 22.6 Å². The number of aromatic amines is 1. The van der Waals surface area contributed by atoms with E-state index in [-0.39, 0.29) is 11.9 Å². The minimum atomic E-state index is -0.172. The van der Waals surface area contributed by atoms with Gasteiger partial charge in [0.2, 0.25) is 0 Å². The topological polar surface area (TPSA) is 98.0 Å². The van der Waals surface area contributed by atoms with Gasteiger partial charge in [0.15, 0.2) is 0 Å². The lowest BCUT2D eigenvalue weighted by molar-refractivity contribution is -0.110. The standard InChI is InChI=1S/C35H29N5O2/c36-27(15-26-19-38-33-9-5-4-8-30(26)33)22-42-29-16-25(18-37-20-29)24-10-11-34-31(17-24)32(35(41)39-34)14-23-12-13-40(21-23)28-6-2-1-3-7-28/h1-14,16-21,27,38H,15,22,36H2,(H,39,41). The van der Waals surface area contributed by atoms with Crippen molar-refractivity contribution in [3.63, 3.8) is 0 Å². The highest BCUT2D eigenvalue weighted by molar-refractivity contribution is 6.35. The molecule has 1 aliphatic rings. The van der Waals surface area contributed by atoms with Gasteiger partial charge in [0.25, 0.3) is 5.91 Å². The molecule has 1 aliphatic heterocycles. The van der Waals surface area contributed by atoms with Crippen LogP contribution in [0.5, 0.6) is 5.75 Å². The molecule has 4 N–H and O–H groups in total. The van der Waals surface area contributed by atoms with Crippen LogP contribution in [0.3, 0.4) is 0 Å². The summed E-state index contributed by atoms with van der Waals surface area (Å²) in [5.41, 5.74) is 14.8. The van der Waals surface area contributed by atoms with Crippen LogP contribution in [0.4, 0.5) is 5.69 Å². The zero-order chi connectivity index (χ0) is 28.5. The number of carbonyl (C=O) groups excluding carboxylic acids is 1. The van der Waals surface area contributed by atoms with Crippen molar-refractivity contribution in [1.29, 1.82) is 0 Å². The summed E-state index contributed by atoms with van der Waals surface area (Å²) in [6.07, 6.45) is 12.2. The average Bonchev–Trinajstić information content (AvgIpc) is 3.74. The molecule has 206 valence electrons. The van der Waals surface area contributed by atoms with Crippen LogP contribution in [-0.2, 0) is 11.2 Å². The van der Waals surface area contributed by atoms with Crippen molar-refractivity contribution in [3.05, 3.63) is 133 Å². The largest absolute Gasteiger partial charge is 0.490 e. The Morgan fingerprint density at radius 3 is 2.71 bits per heavy atom. The van der Waals surface area contributed by atoms with Crippen LogP contribution in [0.2, 0.25) is 0 Å². The maximum absolute atomic E-state index is 12.9. The highest BCUT2D eigenvalue weighted by Gasteiger charge is 2.25. The number of ether oxygens (including phenoxy) is 1. The van der Waals surface area contributed by atoms with Crippen molar-refractivity contribution >= 4 is 34.1 Å². The van der Waals surface area contributed by atoms with Gasteiger partial charge in [-0.3, -0.25) is 9.78 Å². The molecule has 0 saturated heterocycles. The Balaban J connectivity index is 1.08. The van der Waals surface area contributed by atoms with Gasteiger partial charge < -0.3 is 25.3 Å². The third-order valence-electron chi connectivity index (χ3n) is 7.55. The fourth-order valence-corrected chi connectivity index (χ4v) is 5.44. The summed E-state index contributed by atoms with van der Waals surface area (Å²) >= 11 is 0. The molecule has 0 saturated carbocycles. The maximum atomic E-state index is 12.9. The number of amides is 1. The number of nitrogens with one attached hydrogen (secondary N) is 2. The Hall–Kier alpha value is -5.40. The van der Waals surface area contributed by atoms with Crippen LogP contribution in [0.1, 0.15) is 16.7 Å². The van der Waals surface area contributed by atoms with Crippen LogP contribution >= 0.6 is 0 Å². The number of fused-ring (bicyclic) bond motifs is 2. The van der Waals surface area contributed by atoms with Crippen molar-refractivity contribution in [2.45, 2.75) is 12.5 Å². The van der Waals surface area contributed by atoms with E-state index in [1.165, 1.54) is 10.9 Å². The normalized spacial score (nSPS) is 14.2. The van der Waals surface area contributed by atoms with E-state index >= 15 is 0 Å². The quantitative estimate of drug-likeness (QED) is 0.189. The summed E-state index contributed by atoms with van der Waals surface area (Å²) in [6.45, 7) is 0.364. The molecular weight excluding hydrogens is 522 g/mol. The third-order valence-corrected chi connectivity index (χ3v) is 7.55. The molecule has 0 fully saturated rings. The molecule has 42 heavy (non-hydrogen) atoms. The summed E-state index contributed by atoms with van der Waals surface area (Å²) in [4.78, 5) is 20.6. The molecule has 1 amide bonds. The molecule has 7 rings (SSSR count). The average molecular weight is 552 g/mol. The molecule has 0 bridgehead atoms. The summed E-state index contributed by atoms with van der Waals surface area (Å²) in [6, 6.07) is 28.0. The van der Waals surface area contributed by atoms with Crippen LogP contribution in [0, 0.1) is 0 Å². The number of hydrogen-bond donors (Lipinski definition) is 3. The molecule has 6 aromatic rings. The van der Waals surface area contributed by atoms with E-state index in [0.29, 0.717) is 24.4 Å². The van der Waals surface area contributed by atoms with Gasteiger partial charge >= 0.3 is 0 Å². The molecule has 1 atom stereocenters. The van der Waals surface area contributed by atoms with E-state index in [0.717, 1.165) is 39.1 Å². The second-order valence-electron chi connectivity index (χ2n) is 10.5. The van der Waals surface area contributed by atoms with Gasteiger partial charge in [0, 0.05) is 69.8 Å². The Kier molecular flexibility index (Phi) is 6.62. The van der Waals surface area contributed by atoms with E-state index in [1.54, 1.807) is 12.4 Å². The number of nitrogens with two attached hydrogens (primary N) is 1. The van der Waals surface area contributed by atoms with Crippen LogP contribution in [0.25, 0.3) is 39.4 Å². The number of benzene rings is 3. The van der Waals surface area contributed by atoms with Gasteiger partial charge in [-0.25, -0.2) is 0 Å². The highest BCUT2D eigenvalue weighted by Crippen LogP contribution is 2.37. The Labute approximate surface area is 243 Å². The Morgan fingerprint density at radius 1 is 0.952 bits per heavy atom. The lowest BCUT2D eigenvalue weighted by Crippen LogP contribution is -2.30. The first kappa shape index (κ1) is 25.6. The fourth-order valence-electron chi connectivity index (χ4n) is 5.44. The molecule has 0 spiro atoms. The Morgan fingerprint density at radius 2 is 1.81 bits per heavy atom. The van der Waals surface area contributed by atoms with Gasteiger partial charge in [-0.05, 0) is 71.7 Å². The van der Waals surface area contributed by atoms with Crippen molar-refractivity contribution in [2.75, 3.05) is 11.9 Å². The van der Waals surface area contributed by atoms with Crippen molar-refractivity contribution < 1.29 is 9.53 Å². The monoisotopic (exact) mass is 551 g/mol.